The number of furan rings is 1. The number of amides is 1. The lowest BCUT2D eigenvalue weighted by molar-refractivity contribution is 0.0676. The van der Waals surface area contributed by atoms with Gasteiger partial charge >= 0.3 is 0 Å². The summed E-state index contributed by atoms with van der Waals surface area (Å²) in [5, 5.41) is 9.24. The van der Waals surface area contributed by atoms with Crippen LogP contribution in [0.4, 0.5) is 0 Å². The third-order valence-electron chi connectivity index (χ3n) is 4.72. The molecule has 0 bridgehead atoms. The van der Waals surface area contributed by atoms with Crippen LogP contribution in [0.5, 0.6) is 0 Å². The molecule has 4 rings (SSSR count). The van der Waals surface area contributed by atoms with E-state index in [9.17, 15) is 4.79 Å². The van der Waals surface area contributed by atoms with Crippen LogP contribution >= 0.6 is 0 Å². The van der Waals surface area contributed by atoms with E-state index in [0.717, 1.165) is 23.8 Å². The molecule has 1 aromatic carbocycles. The first-order chi connectivity index (χ1) is 12.1. The van der Waals surface area contributed by atoms with E-state index in [0.29, 0.717) is 30.6 Å². The summed E-state index contributed by atoms with van der Waals surface area (Å²) in [5.74, 6) is 2.17. The second-order valence-corrected chi connectivity index (χ2v) is 6.85. The van der Waals surface area contributed by atoms with Gasteiger partial charge in [0.2, 0.25) is 11.8 Å². The van der Waals surface area contributed by atoms with Crippen LogP contribution in [0, 0.1) is 0 Å². The largest absolute Gasteiger partial charge is 0.451 e. The molecule has 6 nitrogen and oxygen atoms in total. The molecule has 3 aromatic rings. The van der Waals surface area contributed by atoms with Gasteiger partial charge in [0.15, 0.2) is 5.76 Å². The molecule has 0 radical (unpaired) electrons. The van der Waals surface area contributed by atoms with Gasteiger partial charge in [0, 0.05) is 30.3 Å². The number of rotatable bonds is 3. The number of hydrogen-bond acceptors (Lipinski definition) is 5. The van der Waals surface area contributed by atoms with Crippen molar-refractivity contribution in [2.45, 2.75) is 38.5 Å². The molecule has 0 unspecified atom stereocenters. The molecule has 0 saturated carbocycles. The number of carbonyl (C=O) groups excluding carboxylic acids is 1. The van der Waals surface area contributed by atoms with Gasteiger partial charge in [-0.15, -0.1) is 10.2 Å². The van der Waals surface area contributed by atoms with Crippen molar-refractivity contribution in [3.63, 3.8) is 0 Å². The molecule has 0 atom stereocenters. The molecule has 0 N–H and O–H groups in total. The van der Waals surface area contributed by atoms with Gasteiger partial charge in [0.25, 0.3) is 5.91 Å². The maximum Gasteiger partial charge on any atom is 0.289 e. The van der Waals surface area contributed by atoms with Gasteiger partial charge < -0.3 is 13.7 Å². The third-order valence-corrected chi connectivity index (χ3v) is 4.72. The predicted molar refractivity (Wildman–Crippen MR) is 92.5 cm³/mol. The lowest BCUT2D eigenvalue weighted by Gasteiger charge is -2.29. The van der Waals surface area contributed by atoms with Crippen LogP contribution in [-0.2, 0) is 0 Å². The summed E-state index contributed by atoms with van der Waals surface area (Å²) in [6, 6.07) is 9.48. The summed E-state index contributed by atoms with van der Waals surface area (Å²) in [4.78, 5) is 14.5. The Balaban J connectivity index is 1.43. The summed E-state index contributed by atoms with van der Waals surface area (Å²) in [6.45, 7) is 5.40. The van der Waals surface area contributed by atoms with Crippen LogP contribution in [0.15, 0.2) is 39.2 Å². The van der Waals surface area contributed by atoms with E-state index < -0.39 is 0 Å². The molecular weight excluding hydrogens is 318 g/mol. The molecule has 2 aromatic heterocycles. The number of fused-ring (bicyclic) bond motifs is 1. The van der Waals surface area contributed by atoms with Gasteiger partial charge in [-0.2, -0.15) is 0 Å². The average molecular weight is 339 g/mol. The number of hydrogen-bond donors (Lipinski definition) is 0. The lowest BCUT2D eigenvalue weighted by Crippen LogP contribution is -2.37. The minimum absolute atomic E-state index is 0.0527. The highest BCUT2D eigenvalue weighted by Crippen LogP contribution is 2.29. The maximum absolute atomic E-state index is 12.7. The van der Waals surface area contributed by atoms with Crippen molar-refractivity contribution in [2.75, 3.05) is 13.1 Å². The quantitative estimate of drug-likeness (QED) is 0.722. The van der Waals surface area contributed by atoms with Crippen LogP contribution in [0.2, 0.25) is 0 Å². The first kappa shape index (κ1) is 15.9. The molecule has 0 aliphatic carbocycles. The van der Waals surface area contributed by atoms with E-state index in [1.807, 2.05) is 49.1 Å². The Labute approximate surface area is 145 Å². The number of likely N-dealkylation sites (tertiary alicyclic amines) is 1. The van der Waals surface area contributed by atoms with E-state index in [4.69, 9.17) is 8.83 Å². The first-order valence-electron chi connectivity index (χ1n) is 8.73. The molecule has 0 spiro atoms. The predicted octanol–water partition coefficient (Wildman–Crippen LogP) is 3.96. The highest BCUT2D eigenvalue weighted by Gasteiger charge is 2.29. The van der Waals surface area contributed by atoms with Gasteiger partial charge in [-0.1, -0.05) is 32.0 Å². The van der Waals surface area contributed by atoms with E-state index in [2.05, 4.69) is 10.2 Å². The Morgan fingerprint density at radius 1 is 1.16 bits per heavy atom. The van der Waals surface area contributed by atoms with Crippen LogP contribution < -0.4 is 0 Å². The number of aromatic nitrogens is 2. The van der Waals surface area contributed by atoms with Crippen LogP contribution in [0.25, 0.3) is 11.0 Å². The number of para-hydroxylation sites is 1. The highest BCUT2D eigenvalue weighted by atomic mass is 16.4. The van der Waals surface area contributed by atoms with E-state index in [1.54, 1.807) is 0 Å². The summed E-state index contributed by atoms with van der Waals surface area (Å²) in [7, 11) is 0. The van der Waals surface area contributed by atoms with Crippen molar-refractivity contribution in [1.82, 2.24) is 15.1 Å². The Morgan fingerprint density at radius 2 is 1.92 bits per heavy atom. The Morgan fingerprint density at radius 3 is 2.60 bits per heavy atom. The average Bonchev–Trinajstić information content (AvgIpc) is 3.28. The van der Waals surface area contributed by atoms with E-state index in [-0.39, 0.29) is 17.7 Å². The standard InChI is InChI=1S/C19H21N3O3/c1-12(2)17-20-21-18(25-17)13-7-9-22(10-8-13)19(23)16-11-14-5-3-4-6-15(14)24-16/h3-6,11-13H,7-10H2,1-2H3. The second kappa shape index (κ2) is 6.35. The monoisotopic (exact) mass is 339 g/mol. The summed E-state index contributed by atoms with van der Waals surface area (Å²) >= 11 is 0. The van der Waals surface area contributed by atoms with Crippen LogP contribution in [-0.4, -0.2) is 34.1 Å². The molecule has 1 aliphatic heterocycles. The van der Waals surface area contributed by atoms with Crippen LogP contribution in [0.3, 0.4) is 0 Å². The maximum atomic E-state index is 12.7. The molecule has 6 heteroatoms. The number of carbonyl (C=O) groups is 1. The highest BCUT2D eigenvalue weighted by molar-refractivity contribution is 5.96. The van der Waals surface area contributed by atoms with Gasteiger partial charge in [-0.05, 0) is 25.0 Å². The Kier molecular flexibility index (Phi) is 4.03. The van der Waals surface area contributed by atoms with Gasteiger partial charge in [0.1, 0.15) is 5.58 Å². The molecule has 25 heavy (non-hydrogen) atoms. The summed E-state index contributed by atoms with van der Waals surface area (Å²) in [5.41, 5.74) is 0.743. The number of nitrogens with zero attached hydrogens (tertiary/aromatic N) is 3. The lowest BCUT2D eigenvalue weighted by atomic mass is 9.96. The summed E-state index contributed by atoms with van der Waals surface area (Å²) < 4.78 is 11.5. The SMILES string of the molecule is CC(C)c1nnc(C2CCN(C(=O)c3cc4ccccc4o3)CC2)o1. The number of piperidine rings is 1. The van der Waals surface area contributed by atoms with E-state index >= 15 is 0 Å². The fourth-order valence-corrected chi connectivity index (χ4v) is 3.22. The van der Waals surface area contributed by atoms with Crippen molar-refractivity contribution in [3.05, 3.63) is 47.9 Å². The zero-order valence-electron chi connectivity index (χ0n) is 14.4. The fraction of sp³-hybridized carbons (Fsp3) is 0.421. The zero-order chi connectivity index (χ0) is 17.4. The van der Waals surface area contributed by atoms with Crippen molar-refractivity contribution >= 4 is 16.9 Å². The Bertz CT molecular complexity index is 855. The van der Waals surface area contributed by atoms with Gasteiger partial charge in [-0.25, -0.2) is 0 Å². The normalized spacial score (nSPS) is 16.0. The van der Waals surface area contributed by atoms with Gasteiger partial charge in [0.05, 0.1) is 0 Å². The van der Waals surface area contributed by atoms with E-state index in [1.165, 1.54) is 0 Å². The zero-order valence-corrected chi connectivity index (χ0v) is 14.4. The minimum Gasteiger partial charge on any atom is -0.451 e. The summed E-state index contributed by atoms with van der Waals surface area (Å²) in [6.07, 6.45) is 1.65. The van der Waals surface area contributed by atoms with Gasteiger partial charge in [-0.3, -0.25) is 4.79 Å². The van der Waals surface area contributed by atoms with Crippen molar-refractivity contribution in [3.8, 4) is 0 Å². The fourth-order valence-electron chi connectivity index (χ4n) is 3.22. The smallest absolute Gasteiger partial charge is 0.289 e. The molecule has 130 valence electrons. The second-order valence-electron chi connectivity index (χ2n) is 6.85. The molecule has 1 aliphatic rings. The molecule has 3 heterocycles. The minimum atomic E-state index is -0.0527. The van der Waals surface area contributed by atoms with Crippen LogP contribution in [0.1, 0.15) is 60.9 Å². The van der Waals surface area contributed by atoms with Crippen molar-refractivity contribution < 1.29 is 13.6 Å². The first-order valence-corrected chi connectivity index (χ1v) is 8.73. The Hall–Kier alpha value is -2.63. The third kappa shape index (κ3) is 3.04. The molecule has 1 saturated heterocycles. The topological polar surface area (TPSA) is 72.4 Å². The van der Waals surface area contributed by atoms with Crippen molar-refractivity contribution in [2.24, 2.45) is 0 Å². The molecule has 1 amide bonds. The molecule has 1 fully saturated rings. The molecular formula is C19H21N3O3. The van der Waals surface area contributed by atoms with Crippen molar-refractivity contribution in [1.29, 1.82) is 0 Å². The number of benzene rings is 1.